The first kappa shape index (κ1) is 15.6. The quantitative estimate of drug-likeness (QED) is 0.693. The van der Waals surface area contributed by atoms with E-state index < -0.39 is 12.0 Å². The molecule has 0 spiro atoms. The number of carbonyl (C=O) groups is 2. The molecule has 0 bridgehead atoms. The summed E-state index contributed by atoms with van der Waals surface area (Å²) in [6.45, 7) is 3.63. The Hall–Kier alpha value is -2.42. The largest absolute Gasteiger partial charge is 0.478 e. The summed E-state index contributed by atoms with van der Waals surface area (Å²) in [5.74, 6) is 2.11. The van der Waals surface area contributed by atoms with Gasteiger partial charge in [0.1, 0.15) is 17.1 Å². The van der Waals surface area contributed by atoms with Crippen LogP contribution >= 0.6 is 0 Å². The van der Waals surface area contributed by atoms with Crippen LogP contribution in [0.1, 0.15) is 41.6 Å². The minimum Gasteiger partial charge on any atom is -0.478 e. The van der Waals surface area contributed by atoms with Gasteiger partial charge in [-0.05, 0) is 19.4 Å². The predicted octanol–water partition coefficient (Wildman–Crippen LogP) is 1.89. The van der Waals surface area contributed by atoms with E-state index in [0.29, 0.717) is 17.9 Å². The third kappa shape index (κ3) is 4.35. The lowest BCUT2D eigenvalue weighted by molar-refractivity contribution is 0.0695. The smallest absolute Gasteiger partial charge is 0.339 e. The van der Waals surface area contributed by atoms with Crippen LogP contribution in [0, 0.1) is 19.3 Å². The summed E-state index contributed by atoms with van der Waals surface area (Å²) < 4.78 is 5.24. The molecule has 0 aromatic carbocycles. The van der Waals surface area contributed by atoms with Crippen molar-refractivity contribution < 1.29 is 19.1 Å². The highest BCUT2D eigenvalue weighted by molar-refractivity contribution is 5.88. The van der Waals surface area contributed by atoms with Crippen LogP contribution in [0.3, 0.4) is 0 Å². The van der Waals surface area contributed by atoms with Crippen molar-refractivity contribution in [1.29, 1.82) is 0 Å². The van der Waals surface area contributed by atoms with Gasteiger partial charge in [-0.2, -0.15) is 0 Å². The van der Waals surface area contributed by atoms with Crippen LogP contribution in [0.4, 0.5) is 4.79 Å². The molecule has 6 heteroatoms. The average Bonchev–Trinajstić information content (AvgIpc) is 2.77. The van der Waals surface area contributed by atoms with Crippen LogP contribution in [0.25, 0.3) is 0 Å². The molecular formula is C14H18N2O4. The van der Waals surface area contributed by atoms with Crippen molar-refractivity contribution >= 4 is 12.0 Å². The van der Waals surface area contributed by atoms with Gasteiger partial charge in [0, 0.05) is 0 Å². The van der Waals surface area contributed by atoms with Crippen molar-refractivity contribution in [2.75, 3.05) is 0 Å². The van der Waals surface area contributed by atoms with Crippen LogP contribution in [0.15, 0.2) is 10.5 Å². The van der Waals surface area contributed by atoms with Gasteiger partial charge >= 0.3 is 12.0 Å². The molecule has 3 N–H and O–H groups in total. The second kappa shape index (κ2) is 7.24. The lowest BCUT2D eigenvalue weighted by Gasteiger charge is -2.12. The second-order valence-corrected chi connectivity index (χ2v) is 4.32. The highest BCUT2D eigenvalue weighted by Crippen LogP contribution is 2.14. The van der Waals surface area contributed by atoms with E-state index in [4.69, 9.17) is 15.9 Å². The molecule has 0 fully saturated rings. The monoisotopic (exact) mass is 278 g/mol. The molecule has 0 saturated carbocycles. The van der Waals surface area contributed by atoms with E-state index in [1.54, 1.807) is 6.92 Å². The standard InChI is InChI=1S/C14H18N2O4/c1-4-6-10(5-2)16-14(19)15-8-11-7-12(13(17)18)9(3)20-11/h2,7,10H,4,6,8H2,1,3H3,(H,17,18)(H2,15,16,19). The highest BCUT2D eigenvalue weighted by Gasteiger charge is 2.14. The number of carboxylic acid groups (broad SMARTS) is 1. The lowest BCUT2D eigenvalue weighted by Crippen LogP contribution is -2.41. The Morgan fingerprint density at radius 1 is 1.55 bits per heavy atom. The molecule has 1 atom stereocenters. The van der Waals surface area contributed by atoms with Crippen molar-refractivity contribution in [2.24, 2.45) is 0 Å². The molecule has 1 aromatic heterocycles. The molecule has 20 heavy (non-hydrogen) atoms. The van der Waals surface area contributed by atoms with Crippen LogP contribution in [-0.4, -0.2) is 23.1 Å². The average molecular weight is 278 g/mol. The van der Waals surface area contributed by atoms with Gasteiger partial charge < -0.3 is 20.2 Å². The first-order valence-corrected chi connectivity index (χ1v) is 6.31. The first-order chi connectivity index (χ1) is 9.47. The zero-order chi connectivity index (χ0) is 15.1. The van der Waals surface area contributed by atoms with Crippen molar-refractivity contribution in [3.63, 3.8) is 0 Å². The summed E-state index contributed by atoms with van der Waals surface area (Å²) in [6, 6.07) is 0.670. The molecule has 1 heterocycles. The number of amides is 2. The van der Waals surface area contributed by atoms with Gasteiger partial charge in [-0.15, -0.1) is 6.42 Å². The molecule has 1 rings (SSSR count). The van der Waals surface area contributed by atoms with E-state index in [-0.39, 0.29) is 18.2 Å². The van der Waals surface area contributed by atoms with Gasteiger partial charge in [0.05, 0.1) is 12.6 Å². The van der Waals surface area contributed by atoms with Crippen molar-refractivity contribution in [3.8, 4) is 12.3 Å². The van der Waals surface area contributed by atoms with E-state index in [1.165, 1.54) is 6.07 Å². The summed E-state index contributed by atoms with van der Waals surface area (Å²) in [6.07, 6.45) is 6.87. The zero-order valence-corrected chi connectivity index (χ0v) is 11.5. The maximum atomic E-state index is 11.6. The fourth-order valence-electron chi connectivity index (χ4n) is 1.71. The minimum absolute atomic E-state index is 0.0923. The van der Waals surface area contributed by atoms with Gasteiger partial charge in [-0.3, -0.25) is 0 Å². The number of urea groups is 1. The molecule has 0 aliphatic rings. The van der Waals surface area contributed by atoms with Gasteiger partial charge in [-0.1, -0.05) is 19.3 Å². The molecule has 1 unspecified atom stereocenters. The molecule has 0 saturated heterocycles. The maximum absolute atomic E-state index is 11.6. The van der Waals surface area contributed by atoms with Crippen LogP contribution in [0.2, 0.25) is 0 Å². The summed E-state index contributed by atoms with van der Waals surface area (Å²) in [5.41, 5.74) is 0.0923. The normalized spacial score (nSPS) is 11.4. The molecule has 2 amide bonds. The van der Waals surface area contributed by atoms with Gasteiger partial charge in [-0.25, -0.2) is 9.59 Å². The molecular weight excluding hydrogens is 260 g/mol. The van der Waals surface area contributed by atoms with E-state index in [9.17, 15) is 9.59 Å². The van der Waals surface area contributed by atoms with Gasteiger partial charge in [0.15, 0.2) is 0 Å². The highest BCUT2D eigenvalue weighted by atomic mass is 16.4. The topological polar surface area (TPSA) is 91.6 Å². The van der Waals surface area contributed by atoms with Crippen LogP contribution in [0.5, 0.6) is 0 Å². The zero-order valence-electron chi connectivity index (χ0n) is 11.5. The number of aryl methyl sites for hydroxylation is 1. The van der Waals surface area contributed by atoms with E-state index in [1.807, 2.05) is 6.92 Å². The molecule has 108 valence electrons. The third-order valence-electron chi connectivity index (χ3n) is 2.71. The number of hydrogen-bond donors (Lipinski definition) is 3. The first-order valence-electron chi connectivity index (χ1n) is 6.31. The van der Waals surface area contributed by atoms with Gasteiger partial charge in [0.2, 0.25) is 0 Å². The Labute approximate surface area is 117 Å². The Bertz CT molecular complexity index is 528. The Morgan fingerprint density at radius 2 is 2.25 bits per heavy atom. The summed E-state index contributed by atoms with van der Waals surface area (Å²) in [5, 5.41) is 14.1. The summed E-state index contributed by atoms with van der Waals surface area (Å²) in [4.78, 5) is 22.5. The van der Waals surface area contributed by atoms with Crippen molar-refractivity contribution in [1.82, 2.24) is 10.6 Å². The molecule has 1 aromatic rings. The molecule has 0 radical (unpaired) electrons. The number of carboxylic acids is 1. The number of rotatable bonds is 6. The number of terminal acetylenes is 1. The number of aromatic carboxylic acids is 1. The Morgan fingerprint density at radius 3 is 2.75 bits per heavy atom. The molecule has 0 aliphatic heterocycles. The number of carbonyl (C=O) groups excluding carboxylic acids is 1. The SMILES string of the molecule is C#CC(CCC)NC(=O)NCc1cc(C(=O)O)c(C)o1. The van der Waals surface area contributed by atoms with Crippen molar-refractivity contribution in [3.05, 3.63) is 23.2 Å². The van der Waals surface area contributed by atoms with Crippen LogP contribution < -0.4 is 10.6 Å². The summed E-state index contributed by atoms with van der Waals surface area (Å²) in [7, 11) is 0. The minimum atomic E-state index is -1.06. The number of hydrogen-bond acceptors (Lipinski definition) is 3. The van der Waals surface area contributed by atoms with Crippen LogP contribution in [-0.2, 0) is 6.54 Å². The lowest BCUT2D eigenvalue weighted by atomic mass is 10.2. The van der Waals surface area contributed by atoms with E-state index in [0.717, 1.165) is 6.42 Å². The number of nitrogens with one attached hydrogen (secondary N) is 2. The number of furan rings is 1. The third-order valence-corrected chi connectivity index (χ3v) is 2.71. The maximum Gasteiger partial charge on any atom is 0.339 e. The Kier molecular flexibility index (Phi) is 5.66. The van der Waals surface area contributed by atoms with Gasteiger partial charge in [0.25, 0.3) is 0 Å². The fourth-order valence-corrected chi connectivity index (χ4v) is 1.71. The van der Waals surface area contributed by atoms with Crippen molar-refractivity contribution in [2.45, 2.75) is 39.3 Å². The molecule has 6 nitrogen and oxygen atoms in total. The van der Waals surface area contributed by atoms with E-state index >= 15 is 0 Å². The fraction of sp³-hybridized carbons (Fsp3) is 0.429. The Balaban J connectivity index is 2.51. The van der Waals surface area contributed by atoms with E-state index in [2.05, 4.69) is 16.6 Å². The molecule has 0 aliphatic carbocycles. The second-order valence-electron chi connectivity index (χ2n) is 4.32. The predicted molar refractivity (Wildman–Crippen MR) is 73.3 cm³/mol. The summed E-state index contributed by atoms with van der Waals surface area (Å²) >= 11 is 0.